The van der Waals surface area contributed by atoms with Crippen molar-refractivity contribution >= 4 is 0 Å². The zero-order valence-electron chi connectivity index (χ0n) is 18.2. The molecule has 1 aromatic carbocycles. The molecule has 4 unspecified atom stereocenters. The number of benzene rings is 1. The largest absolute Gasteiger partial charge is 0.508 e. The van der Waals surface area contributed by atoms with Crippen LogP contribution in [0.4, 0.5) is 0 Å². The van der Waals surface area contributed by atoms with E-state index in [2.05, 4.69) is 6.08 Å². The summed E-state index contributed by atoms with van der Waals surface area (Å²) in [5.74, 6) is 1.20. The topological polar surface area (TPSA) is 69.9 Å². The van der Waals surface area contributed by atoms with Crippen LogP contribution in [0, 0.1) is 24.2 Å². The van der Waals surface area contributed by atoms with E-state index in [4.69, 9.17) is 4.74 Å². The Bertz CT molecular complexity index is 908. The van der Waals surface area contributed by atoms with Gasteiger partial charge in [0.15, 0.2) is 0 Å². The Hall–Kier alpha value is -1.94. The molecule has 3 N–H and O–H groups in total. The highest BCUT2D eigenvalue weighted by molar-refractivity contribution is 5.51. The van der Waals surface area contributed by atoms with Crippen LogP contribution in [0.25, 0.3) is 0 Å². The minimum absolute atomic E-state index is 0.121. The maximum absolute atomic E-state index is 11.1. The molecular weight excluding hydrogens is 376 g/mol. The van der Waals surface area contributed by atoms with Crippen molar-refractivity contribution in [3.8, 4) is 11.5 Å². The molecular formula is C26H34O4. The van der Waals surface area contributed by atoms with Gasteiger partial charge in [0.2, 0.25) is 0 Å². The Morgan fingerprint density at radius 1 is 0.933 bits per heavy atom. The van der Waals surface area contributed by atoms with E-state index in [9.17, 15) is 15.3 Å². The second-order valence-electron chi connectivity index (χ2n) is 10.1. The van der Waals surface area contributed by atoms with Gasteiger partial charge in [-0.1, -0.05) is 38.2 Å². The van der Waals surface area contributed by atoms with Crippen LogP contribution in [-0.2, 0) is 10.3 Å². The van der Waals surface area contributed by atoms with E-state index in [-0.39, 0.29) is 28.9 Å². The Labute approximate surface area is 179 Å². The second kappa shape index (κ2) is 7.05. The van der Waals surface area contributed by atoms with Gasteiger partial charge in [-0.25, -0.2) is 0 Å². The van der Waals surface area contributed by atoms with E-state index in [1.165, 1.54) is 38.5 Å². The molecule has 3 fully saturated rings. The molecule has 1 aliphatic heterocycles. The van der Waals surface area contributed by atoms with Crippen LogP contribution in [0.3, 0.4) is 0 Å². The lowest BCUT2D eigenvalue weighted by Gasteiger charge is -2.64. The molecule has 30 heavy (non-hydrogen) atoms. The predicted molar refractivity (Wildman–Crippen MR) is 116 cm³/mol. The van der Waals surface area contributed by atoms with Gasteiger partial charge in [0, 0.05) is 17.0 Å². The average Bonchev–Trinajstić information content (AvgIpc) is 2.76. The Kier molecular flexibility index (Phi) is 4.70. The normalized spacial score (nSPS) is 35.2. The molecule has 0 radical (unpaired) electrons. The first-order chi connectivity index (χ1) is 14.4. The first kappa shape index (κ1) is 20.0. The third kappa shape index (κ3) is 2.62. The summed E-state index contributed by atoms with van der Waals surface area (Å²) in [5.41, 5.74) is 1.80. The van der Waals surface area contributed by atoms with Crippen molar-refractivity contribution in [2.45, 2.75) is 83.3 Å². The lowest BCUT2D eigenvalue weighted by atomic mass is 9.47. The van der Waals surface area contributed by atoms with Crippen LogP contribution in [0.1, 0.15) is 75.8 Å². The van der Waals surface area contributed by atoms with E-state index in [1.807, 2.05) is 19.1 Å². The van der Waals surface area contributed by atoms with Gasteiger partial charge in [-0.2, -0.15) is 0 Å². The molecule has 4 nitrogen and oxygen atoms in total. The fourth-order valence-corrected chi connectivity index (χ4v) is 7.30. The number of aliphatic hydroxyl groups is 1. The molecule has 5 rings (SSSR count). The number of hydrogen-bond acceptors (Lipinski definition) is 4. The summed E-state index contributed by atoms with van der Waals surface area (Å²) < 4.78 is 7.04. The maximum atomic E-state index is 11.1. The molecule has 4 aliphatic rings. The summed E-state index contributed by atoms with van der Waals surface area (Å²) in [5, 5.41) is 31.8. The summed E-state index contributed by atoms with van der Waals surface area (Å²) in [6.07, 6.45) is 14.3. The van der Waals surface area contributed by atoms with E-state index >= 15 is 0 Å². The van der Waals surface area contributed by atoms with Gasteiger partial charge in [-0.05, 0) is 74.6 Å². The number of phenols is 2. The van der Waals surface area contributed by atoms with Crippen LogP contribution >= 0.6 is 0 Å². The van der Waals surface area contributed by atoms with Crippen LogP contribution in [0.2, 0.25) is 0 Å². The summed E-state index contributed by atoms with van der Waals surface area (Å²) in [6.45, 7) is 3.76. The molecule has 162 valence electrons. The quantitative estimate of drug-likeness (QED) is 0.519. The Morgan fingerprint density at radius 2 is 1.67 bits per heavy atom. The standard InChI is InChI=1S/C26H34O4/c1-16-20(27)11-9-18(23(16)29)26-15-7-4-8-22(26)25(13-5-3-6-14-25)19-10-12-21(28)17(2)24(19)30-26/h9-12,19,22,24,27-29H,3-8,13-15H2,1-2H3. The van der Waals surface area contributed by atoms with Crippen LogP contribution in [0.15, 0.2) is 35.6 Å². The van der Waals surface area contributed by atoms with Crippen molar-refractivity contribution < 1.29 is 20.1 Å². The average molecular weight is 411 g/mol. The third-order valence-corrected chi connectivity index (χ3v) is 8.81. The molecule has 2 saturated carbocycles. The lowest BCUT2D eigenvalue weighted by Crippen LogP contribution is -2.62. The van der Waals surface area contributed by atoms with E-state index in [1.54, 1.807) is 13.0 Å². The maximum Gasteiger partial charge on any atom is 0.128 e. The van der Waals surface area contributed by atoms with Crippen LogP contribution < -0.4 is 0 Å². The minimum atomic E-state index is -0.577. The highest BCUT2D eigenvalue weighted by Crippen LogP contribution is 2.67. The van der Waals surface area contributed by atoms with Crippen LogP contribution in [0.5, 0.6) is 11.5 Å². The van der Waals surface area contributed by atoms with Crippen LogP contribution in [-0.4, -0.2) is 21.4 Å². The molecule has 0 amide bonds. The van der Waals surface area contributed by atoms with Crippen molar-refractivity contribution in [1.29, 1.82) is 0 Å². The molecule has 4 heteroatoms. The molecule has 1 saturated heterocycles. The number of rotatable bonds is 1. The number of phenolic OH excluding ortho intramolecular Hbond substituents is 2. The number of aromatic hydroxyl groups is 2. The Balaban J connectivity index is 1.73. The van der Waals surface area contributed by atoms with Gasteiger partial charge in [0.05, 0.1) is 6.10 Å². The summed E-state index contributed by atoms with van der Waals surface area (Å²) in [7, 11) is 0. The van der Waals surface area contributed by atoms with Crippen molar-refractivity contribution in [2.75, 3.05) is 0 Å². The molecule has 1 aromatic rings. The molecule has 4 atom stereocenters. The highest BCUT2D eigenvalue weighted by Gasteiger charge is 2.63. The van der Waals surface area contributed by atoms with Gasteiger partial charge in [-0.3, -0.25) is 0 Å². The SMILES string of the molecule is CC1=C(O)C=CC2C1OC1(c3ccc(O)c(C)c3O)CCCCC1C21CCCCC1. The fourth-order valence-electron chi connectivity index (χ4n) is 7.30. The second-order valence-corrected chi connectivity index (χ2v) is 10.1. The summed E-state index contributed by atoms with van der Waals surface area (Å²) >= 11 is 0. The van der Waals surface area contributed by atoms with Crippen molar-refractivity contribution in [3.63, 3.8) is 0 Å². The highest BCUT2D eigenvalue weighted by atomic mass is 16.5. The van der Waals surface area contributed by atoms with Gasteiger partial charge in [0.25, 0.3) is 0 Å². The van der Waals surface area contributed by atoms with Gasteiger partial charge in [0.1, 0.15) is 22.9 Å². The summed E-state index contributed by atoms with van der Waals surface area (Å²) in [6, 6.07) is 3.58. The zero-order chi connectivity index (χ0) is 21.1. The first-order valence-electron chi connectivity index (χ1n) is 11.7. The van der Waals surface area contributed by atoms with E-state index in [0.717, 1.165) is 30.4 Å². The lowest BCUT2D eigenvalue weighted by molar-refractivity contribution is -0.254. The molecule has 3 aliphatic carbocycles. The van der Waals surface area contributed by atoms with Gasteiger partial charge < -0.3 is 20.1 Å². The van der Waals surface area contributed by atoms with Crippen molar-refractivity contribution in [2.24, 2.45) is 17.3 Å². The smallest absolute Gasteiger partial charge is 0.128 e. The zero-order valence-corrected chi connectivity index (χ0v) is 18.2. The number of ether oxygens (including phenoxy) is 1. The molecule has 1 heterocycles. The number of allylic oxidation sites excluding steroid dienone is 1. The molecule has 0 bridgehead atoms. The number of hydrogen-bond donors (Lipinski definition) is 3. The van der Waals surface area contributed by atoms with Crippen molar-refractivity contribution in [1.82, 2.24) is 0 Å². The number of aliphatic hydroxyl groups excluding tert-OH is 1. The van der Waals surface area contributed by atoms with E-state index < -0.39 is 5.60 Å². The van der Waals surface area contributed by atoms with Gasteiger partial charge in [-0.15, -0.1) is 0 Å². The molecule has 0 aromatic heterocycles. The minimum Gasteiger partial charge on any atom is -0.508 e. The van der Waals surface area contributed by atoms with Crippen molar-refractivity contribution in [3.05, 3.63) is 46.7 Å². The Morgan fingerprint density at radius 3 is 2.43 bits per heavy atom. The fraction of sp³-hybridized carbons (Fsp3) is 0.615. The first-order valence-corrected chi connectivity index (χ1v) is 11.7. The molecule has 1 spiro atoms. The van der Waals surface area contributed by atoms with E-state index in [0.29, 0.717) is 17.2 Å². The van der Waals surface area contributed by atoms with Gasteiger partial charge >= 0.3 is 0 Å². The third-order valence-electron chi connectivity index (χ3n) is 8.81. The summed E-state index contributed by atoms with van der Waals surface area (Å²) in [4.78, 5) is 0. The monoisotopic (exact) mass is 410 g/mol. The number of fused-ring (bicyclic) bond motifs is 4. The predicted octanol–water partition coefficient (Wildman–Crippen LogP) is 6.16.